The van der Waals surface area contributed by atoms with Gasteiger partial charge in [0.1, 0.15) is 6.04 Å². The fourth-order valence-electron chi connectivity index (χ4n) is 1.01. The van der Waals surface area contributed by atoms with Gasteiger partial charge in [-0.25, -0.2) is 0 Å². The molecule has 0 heterocycles. The highest BCUT2D eigenvalue weighted by Crippen LogP contribution is 1.92. The molecule has 1 atom stereocenters. The second-order valence-corrected chi connectivity index (χ2v) is 2.92. The SMILES string of the molecule is CCCNC(COCC)C(=O)OCC. The van der Waals surface area contributed by atoms with Crippen molar-refractivity contribution in [2.75, 3.05) is 26.4 Å². The number of ether oxygens (including phenoxy) is 2. The minimum absolute atomic E-state index is 0.227. The molecular weight excluding hydrogens is 182 g/mol. The first-order valence-electron chi connectivity index (χ1n) is 5.23. The predicted octanol–water partition coefficient (Wildman–Crippen LogP) is 0.954. The van der Waals surface area contributed by atoms with Crippen LogP contribution in [0.15, 0.2) is 0 Å². The van der Waals surface area contributed by atoms with E-state index in [9.17, 15) is 4.79 Å². The largest absolute Gasteiger partial charge is 0.465 e. The summed E-state index contributed by atoms with van der Waals surface area (Å²) in [5, 5.41) is 3.09. The van der Waals surface area contributed by atoms with Gasteiger partial charge in [-0.05, 0) is 26.8 Å². The fraction of sp³-hybridized carbons (Fsp3) is 0.900. The Balaban J connectivity index is 3.88. The highest BCUT2D eigenvalue weighted by Gasteiger charge is 2.18. The Bertz CT molecular complexity index is 142. The molecule has 84 valence electrons. The summed E-state index contributed by atoms with van der Waals surface area (Å²) in [5.74, 6) is -0.227. The molecule has 0 amide bonds. The lowest BCUT2D eigenvalue weighted by atomic mass is 10.3. The zero-order chi connectivity index (χ0) is 10.8. The van der Waals surface area contributed by atoms with Crippen molar-refractivity contribution in [3.05, 3.63) is 0 Å². The van der Waals surface area contributed by atoms with E-state index in [1.807, 2.05) is 6.92 Å². The molecule has 0 radical (unpaired) electrons. The number of hydrogen-bond acceptors (Lipinski definition) is 4. The van der Waals surface area contributed by atoms with Crippen molar-refractivity contribution in [1.82, 2.24) is 5.32 Å². The molecule has 0 aliphatic carbocycles. The summed E-state index contributed by atoms with van der Waals surface area (Å²) in [7, 11) is 0. The van der Waals surface area contributed by atoms with Gasteiger partial charge in [-0.15, -0.1) is 0 Å². The Labute approximate surface area is 86.0 Å². The van der Waals surface area contributed by atoms with E-state index < -0.39 is 0 Å². The smallest absolute Gasteiger partial charge is 0.325 e. The minimum Gasteiger partial charge on any atom is -0.465 e. The van der Waals surface area contributed by atoms with Crippen LogP contribution in [0.25, 0.3) is 0 Å². The first kappa shape index (κ1) is 13.4. The van der Waals surface area contributed by atoms with Gasteiger partial charge in [0.15, 0.2) is 0 Å². The monoisotopic (exact) mass is 203 g/mol. The van der Waals surface area contributed by atoms with Crippen LogP contribution in [0.5, 0.6) is 0 Å². The average molecular weight is 203 g/mol. The second kappa shape index (κ2) is 8.97. The summed E-state index contributed by atoms with van der Waals surface area (Å²) in [4.78, 5) is 11.4. The van der Waals surface area contributed by atoms with Crippen LogP contribution in [0.4, 0.5) is 0 Å². The van der Waals surface area contributed by atoms with E-state index >= 15 is 0 Å². The van der Waals surface area contributed by atoms with E-state index in [-0.39, 0.29) is 12.0 Å². The van der Waals surface area contributed by atoms with E-state index in [1.54, 1.807) is 6.92 Å². The van der Waals surface area contributed by atoms with Gasteiger partial charge in [-0.2, -0.15) is 0 Å². The van der Waals surface area contributed by atoms with Crippen molar-refractivity contribution in [2.45, 2.75) is 33.2 Å². The normalized spacial score (nSPS) is 12.5. The molecule has 0 spiro atoms. The van der Waals surface area contributed by atoms with Crippen molar-refractivity contribution in [3.63, 3.8) is 0 Å². The molecule has 0 aromatic heterocycles. The van der Waals surface area contributed by atoms with Crippen molar-refractivity contribution in [1.29, 1.82) is 0 Å². The standard InChI is InChI=1S/C10H21NO3/c1-4-7-11-9(8-13-5-2)10(12)14-6-3/h9,11H,4-8H2,1-3H3. The van der Waals surface area contributed by atoms with Crippen molar-refractivity contribution in [2.24, 2.45) is 0 Å². The van der Waals surface area contributed by atoms with Crippen LogP contribution < -0.4 is 5.32 Å². The molecule has 0 fully saturated rings. The summed E-state index contributed by atoms with van der Waals surface area (Å²) in [6.45, 7) is 7.97. The van der Waals surface area contributed by atoms with Crippen LogP contribution in [-0.4, -0.2) is 38.4 Å². The maximum Gasteiger partial charge on any atom is 0.325 e. The maximum atomic E-state index is 11.4. The Hall–Kier alpha value is -0.610. The van der Waals surface area contributed by atoms with Crippen LogP contribution in [0.2, 0.25) is 0 Å². The van der Waals surface area contributed by atoms with Crippen molar-refractivity contribution in [3.8, 4) is 0 Å². The summed E-state index contributed by atoms with van der Waals surface area (Å²) < 4.78 is 10.1. The van der Waals surface area contributed by atoms with Gasteiger partial charge in [0, 0.05) is 6.61 Å². The molecule has 0 saturated carbocycles. The second-order valence-electron chi connectivity index (χ2n) is 2.92. The lowest BCUT2D eigenvalue weighted by molar-refractivity contribution is -0.147. The molecule has 14 heavy (non-hydrogen) atoms. The quantitative estimate of drug-likeness (QED) is 0.597. The molecule has 0 aromatic carbocycles. The molecule has 4 heteroatoms. The zero-order valence-corrected chi connectivity index (χ0v) is 9.34. The third-order valence-corrected chi connectivity index (χ3v) is 1.70. The third kappa shape index (κ3) is 5.94. The Kier molecular flexibility index (Phi) is 8.57. The third-order valence-electron chi connectivity index (χ3n) is 1.70. The summed E-state index contributed by atoms with van der Waals surface area (Å²) >= 11 is 0. The first-order chi connectivity index (χ1) is 6.76. The molecule has 0 rings (SSSR count). The van der Waals surface area contributed by atoms with Crippen LogP contribution in [0.1, 0.15) is 27.2 Å². The lowest BCUT2D eigenvalue weighted by Gasteiger charge is -2.16. The van der Waals surface area contributed by atoms with Crippen LogP contribution >= 0.6 is 0 Å². The van der Waals surface area contributed by atoms with Gasteiger partial charge in [-0.1, -0.05) is 6.92 Å². The van der Waals surface area contributed by atoms with E-state index in [1.165, 1.54) is 0 Å². The topological polar surface area (TPSA) is 47.6 Å². The van der Waals surface area contributed by atoms with Gasteiger partial charge in [-0.3, -0.25) is 4.79 Å². The van der Waals surface area contributed by atoms with Crippen molar-refractivity contribution < 1.29 is 14.3 Å². The number of hydrogen-bond donors (Lipinski definition) is 1. The Morgan fingerprint density at radius 2 is 2.00 bits per heavy atom. The fourth-order valence-corrected chi connectivity index (χ4v) is 1.01. The van der Waals surface area contributed by atoms with Gasteiger partial charge in [0.2, 0.25) is 0 Å². The Morgan fingerprint density at radius 3 is 2.50 bits per heavy atom. The number of carbonyl (C=O) groups excluding carboxylic acids is 1. The molecule has 0 aliphatic rings. The molecule has 4 nitrogen and oxygen atoms in total. The number of nitrogens with one attached hydrogen (secondary N) is 1. The van der Waals surface area contributed by atoms with Gasteiger partial charge >= 0.3 is 5.97 Å². The molecule has 1 unspecified atom stereocenters. The molecule has 0 saturated heterocycles. The average Bonchev–Trinajstić information content (AvgIpc) is 2.18. The van der Waals surface area contributed by atoms with Gasteiger partial charge in [0.25, 0.3) is 0 Å². The summed E-state index contributed by atoms with van der Waals surface area (Å²) in [5.41, 5.74) is 0. The maximum absolute atomic E-state index is 11.4. The van der Waals surface area contributed by atoms with E-state index in [4.69, 9.17) is 9.47 Å². The predicted molar refractivity (Wildman–Crippen MR) is 55.2 cm³/mol. The van der Waals surface area contributed by atoms with Crippen LogP contribution in [0.3, 0.4) is 0 Å². The molecule has 0 aromatic rings. The van der Waals surface area contributed by atoms with Gasteiger partial charge < -0.3 is 14.8 Å². The molecule has 1 N–H and O–H groups in total. The molecule has 0 aliphatic heterocycles. The Morgan fingerprint density at radius 1 is 1.29 bits per heavy atom. The minimum atomic E-state index is -0.324. The summed E-state index contributed by atoms with van der Waals surface area (Å²) in [6, 6.07) is -0.324. The van der Waals surface area contributed by atoms with E-state index in [0.29, 0.717) is 19.8 Å². The molecular formula is C10H21NO3. The van der Waals surface area contributed by atoms with Crippen molar-refractivity contribution >= 4 is 5.97 Å². The van der Waals surface area contributed by atoms with Crippen LogP contribution in [0, 0.1) is 0 Å². The number of esters is 1. The molecule has 0 bridgehead atoms. The first-order valence-corrected chi connectivity index (χ1v) is 5.23. The lowest BCUT2D eigenvalue weighted by Crippen LogP contribution is -2.42. The van der Waals surface area contributed by atoms with Gasteiger partial charge in [0.05, 0.1) is 13.2 Å². The van der Waals surface area contributed by atoms with Crippen LogP contribution in [-0.2, 0) is 14.3 Å². The highest BCUT2D eigenvalue weighted by molar-refractivity contribution is 5.75. The van der Waals surface area contributed by atoms with E-state index in [0.717, 1.165) is 13.0 Å². The number of rotatable bonds is 8. The summed E-state index contributed by atoms with van der Waals surface area (Å²) in [6.07, 6.45) is 0.988. The number of carbonyl (C=O) groups is 1. The van der Waals surface area contributed by atoms with E-state index in [2.05, 4.69) is 12.2 Å². The highest BCUT2D eigenvalue weighted by atomic mass is 16.5. The zero-order valence-electron chi connectivity index (χ0n) is 9.34.